The summed E-state index contributed by atoms with van der Waals surface area (Å²) in [5.41, 5.74) is 2.93. The van der Waals surface area contributed by atoms with Gasteiger partial charge >= 0.3 is 0 Å². The van der Waals surface area contributed by atoms with Gasteiger partial charge in [0.2, 0.25) is 11.8 Å². The van der Waals surface area contributed by atoms with Crippen LogP contribution in [0.1, 0.15) is 21.6 Å². The zero-order valence-corrected chi connectivity index (χ0v) is 17.8. The van der Waals surface area contributed by atoms with Crippen LogP contribution in [0.4, 0.5) is 0 Å². The third-order valence-electron chi connectivity index (χ3n) is 5.09. The zero-order valence-electron chi connectivity index (χ0n) is 17.0. The highest BCUT2D eigenvalue weighted by Crippen LogP contribution is 2.20. The predicted octanol–water partition coefficient (Wildman–Crippen LogP) is 2.41. The number of benzene rings is 2. The molecule has 0 aliphatic carbocycles. The largest absolute Gasteiger partial charge is 0.444 e. The summed E-state index contributed by atoms with van der Waals surface area (Å²) in [6.45, 7) is 1.37. The highest BCUT2D eigenvalue weighted by atomic mass is 32.2. The Labute approximate surface area is 182 Å². The maximum absolute atomic E-state index is 12.5. The van der Waals surface area contributed by atoms with Crippen LogP contribution in [-0.4, -0.2) is 50.5 Å². The zero-order chi connectivity index (χ0) is 21.6. The molecular weight excluding hydrogens is 414 g/mol. The van der Waals surface area contributed by atoms with E-state index in [-0.39, 0.29) is 17.5 Å². The van der Waals surface area contributed by atoms with E-state index < -0.39 is 10.8 Å². The lowest BCUT2D eigenvalue weighted by molar-refractivity contribution is -0.120. The van der Waals surface area contributed by atoms with Gasteiger partial charge in [-0.05, 0) is 23.3 Å². The molecule has 1 aromatic heterocycles. The Morgan fingerprint density at radius 2 is 1.71 bits per heavy atom. The van der Waals surface area contributed by atoms with E-state index in [0.29, 0.717) is 43.5 Å². The van der Waals surface area contributed by atoms with Crippen LogP contribution in [0.5, 0.6) is 0 Å². The van der Waals surface area contributed by atoms with Gasteiger partial charge in [-0.3, -0.25) is 13.8 Å². The first-order chi connectivity index (χ1) is 15.1. The smallest absolute Gasteiger partial charge is 0.275 e. The van der Waals surface area contributed by atoms with Crippen LogP contribution in [0.15, 0.2) is 65.3 Å². The molecule has 160 valence electrons. The molecule has 1 fully saturated rings. The minimum atomic E-state index is -0.840. The lowest BCUT2D eigenvalue weighted by Gasteiger charge is -2.25. The molecule has 3 aromatic rings. The molecule has 1 aliphatic heterocycles. The molecule has 1 saturated heterocycles. The number of carbonyl (C=O) groups is 2. The van der Waals surface area contributed by atoms with Crippen molar-refractivity contribution in [1.29, 1.82) is 0 Å². The standard InChI is InChI=1S/C23H23N3O4S/c27-21(14-17-4-2-1-3-5-17)24-15-18-6-8-19(9-7-18)22-25-20(16-30-22)23(28)26-10-12-31(29)13-11-26/h1-9,16H,10-15H2,(H,24,27). The Morgan fingerprint density at radius 3 is 2.42 bits per heavy atom. The van der Waals surface area contributed by atoms with Crippen LogP contribution in [0.3, 0.4) is 0 Å². The summed E-state index contributed by atoms with van der Waals surface area (Å²) in [6, 6.07) is 17.1. The minimum Gasteiger partial charge on any atom is -0.444 e. The minimum absolute atomic E-state index is 0.0346. The van der Waals surface area contributed by atoms with Gasteiger partial charge in [0, 0.05) is 47.5 Å². The SMILES string of the molecule is O=C(Cc1ccccc1)NCc1ccc(-c2nc(C(=O)N3CCS(=O)CC3)co2)cc1. The average molecular weight is 438 g/mol. The fraction of sp³-hybridized carbons (Fsp3) is 0.261. The summed E-state index contributed by atoms with van der Waals surface area (Å²) >= 11 is 0. The number of carbonyl (C=O) groups excluding carboxylic acids is 2. The summed E-state index contributed by atoms with van der Waals surface area (Å²) in [6.07, 6.45) is 1.71. The van der Waals surface area contributed by atoms with Gasteiger partial charge < -0.3 is 14.6 Å². The van der Waals surface area contributed by atoms with Gasteiger partial charge in [0.25, 0.3) is 5.91 Å². The third-order valence-corrected chi connectivity index (χ3v) is 6.36. The number of nitrogens with one attached hydrogen (secondary N) is 1. The average Bonchev–Trinajstić information content (AvgIpc) is 3.29. The number of hydrogen-bond acceptors (Lipinski definition) is 5. The van der Waals surface area contributed by atoms with Crippen LogP contribution >= 0.6 is 0 Å². The van der Waals surface area contributed by atoms with E-state index in [1.54, 1.807) is 4.90 Å². The second-order valence-corrected chi connectivity index (χ2v) is 9.01. The molecular formula is C23H23N3O4S. The Balaban J connectivity index is 1.32. The lowest BCUT2D eigenvalue weighted by atomic mass is 10.1. The van der Waals surface area contributed by atoms with E-state index >= 15 is 0 Å². The molecule has 4 rings (SSSR count). The van der Waals surface area contributed by atoms with Crippen molar-refractivity contribution in [3.63, 3.8) is 0 Å². The monoisotopic (exact) mass is 437 g/mol. The van der Waals surface area contributed by atoms with Crippen molar-refractivity contribution >= 4 is 22.6 Å². The summed E-state index contributed by atoms with van der Waals surface area (Å²) in [5, 5.41) is 2.92. The lowest BCUT2D eigenvalue weighted by Crippen LogP contribution is -2.41. The normalized spacial score (nSPS) is 14.4. The van der Waals surface area contributed by atoms with Crippen molar-refractivity contribution in [2.24, 2.45) is 0 Å². The van der Waals surface area contributed by atoms with Crippen molar-refractivity contribution in [2.45, 2.75) is 13.0 Å². The van der Waals surface area contributed by atoms with Crippen molar-refractivity contribution in [3.8, 4) is 11.5 Å². The van der Waals surface area contributed by atoms with Crippen LogP contribution in [0, 0.1) is 0 Å². The van der Waals surface area contributed by atoms with Gasteiger partial charge in [0.05, 0.1) is 6.42 Å². The quantitative estimate of drug-likeness (QED) is 0.639. The number of rotatable bonds is 6. The van der Waals surface area contributed by atoms with Crippen molar-refractivity contribution in [3.05, 3.63) is 77.7 Å². The van der Waals surface area contributed by atoms with Crippen molar-refractivity contribution in [2.75, 3.05) is 24.6 Å². The Kier molecular flexibility index (Phi) is 6.57. The predicted molar refractivity (Wildman–Crippen MR) is 118 cm³/mol. The first-order valence-electron chi connectivity index (χ1n) is 10.1. The van der Waals surface area contributed by atoms with Gasteiger partial charge in [-0.25, -0.2) is 4.98 Å². The number of amides is 2. The molecule has 1 N–H and O–H groups in total. The van der Waals surface area contributed by atoms with Crippen LogP contribution in [0.2, 0.25) is 0 Å². The molecule has 0 spiro atoms. The molecule has 2 heterocycles. The van der Waals surface area contributed by atoms with E-state index in [1.807, 2.05) is 54.6 Å². The molecule has 2 aromatic carbocycles. The number of oxazole rings is 1. The van der Waals surface area contributed by atoms with E-state index in [1.165, 1.54) is 6.26 Å². The fourth-order valence-corrected chi connectivity index (χ4v) is 4.37. The van der Waals surface area contributed by atoms with Gasteiger partial charge in [0.15, 0.2) is 5.69 Å². The van der Waals surface area contributed by atoms with E-state index in [9.17, 15) is 13.8 Å². The molecule has 31 heavy (non-hydrogen) atoms. The maximum Gasteiger partial charge on any atom is 0.275 e. The summed E-state index contributed by atoms with van der Waals surface area (Å²) < 4.78 is 17.0. The van der Waals surface area contributed by atoms with Gasteiger partial charge in [0.1, 0.15) is 6.26 Å². The molecule has 0 saturated carbocycles. The fourth-order valence-electron chi connectivity index (χ4n) is 3.32. The first-order valence-corrected chi connectivity index (χ1v) is 11.6. The third kappa shape index (κ3) is 5.46. The number of nitrogens with zero attached hydrogens (tertiary/aromatic N) is 2. The summed E-state index contributed by atoms with van der Waals surface area (Å²) in [7, 11) is -0.840. The second kappa shape index (κ2) is 9.70. The molecule has 0 radical (unpaired) electrons. The molecule has 0 atom stereocenters. The van der Waals surface area contributed by atoms with E-state index in [2.05, 4.69) is 10.3 Å². The number of hydrogen-bond donors (Lipinski definition) is 1. The number of aromatic nitrogens is 1. The van der Waals surface area contributed by atoms with Gasteiger partial charge in [-0.15, -0.1) is 0 Å². The van der Waals surface area contributed by atoms with Gasteiger partial charge in [-0.1, -0.05) is 42.5 Å². The Bertz CT molecular complexity index is 1070. The van der Waals surface area contributed by atoms with Gasteiger partial charge in [-0.2, -0.15) is 0 Å². The van der Waals surface area contributed by atoms with E-state index in [4.69, 9.17) is 4.42 Å². The molecule has 1 aliphatic rings. The molecule has 7 nitrogen and oxygen atoms in total. The molecule has 8 heteroatoms. The Morgan fingerprint density at radius 1 is 1.00 bits per heavy atom. The topological polar surface area (TPSA) is 92.5 Å². The van der Waals surface area contributed by atoms with Crippen LogP contribution < -0.4 is 5.32 Å². The first kappa shape index (κ1) is 21.0. The van der Waals surface area contributed by atoms with E-state index in [0.717, 1.165) is 16.7 Å². The van der Waals surface area contributed by atoms with Crippen molar-refractivity contribution in [1.82, 2.24) is 15.2 Å². The second-order valence-electron chi connectivity index (χ2n) is 7.31. The molecule has 0 unspecified atom stereocenters. The Hall–Kier alpha value is -3.26. The van der Waals surface area contributed by atoms with Crippen LogP contribution in [-0.2, 0) is 28.6 Å². The molecule has 2 amide bonds. The summed E-state index contributed by atoms with van der Waals surface area (Å²) in [4.78, 5) is 30.6. The molecule has 0 bridgehead atoms. The highest BCUT2D eigenvalue weighted by Gasteiger charge is 2.24. The highest BCUT2D eigenvalue weighted by molar-refractivity contribution is 7.85. The van der Waals surface area contributed by atoms with Crippen molar-refractivity contribution < 1.29 is 18.2 Å². The maximum atomic E-state index is 12.5. The summed E-state index contributed by atoms with van der Waals surface area (Å²) in [5.74, 6) is 1.13. The van der Waals surface area contributed by atoms with Crippen LogP contribution in [0.25, 0.3) is 11.5 Å².